The molecule has 1 aromatic carbocycles. The summed E-state index contributed by atoms with van der Waals surface area (Å²) in [6.45, 7) is 5.61. The van der Waals surface area contributed by atoms with Gasteiger partial charge < -0.3 is 11.1 Å². The first-order valence-corrected chi connectivity index (χ1v) is 5.46. The van der Waals surface area contributed by atoms with E-state index in [2.05, 4.69) is 21.2 Å². The highest BCUT2D eigenvalue weighted by molar-refractivity contribution is 9.10. The summed E-state index contributed by atoms with van der Waals surface area (Å²) >= 11 is 3.35. The van der Waals surface area contributed by atoms with Crippen molar-refractivity contribution >= 4 is 33.2 Å². The van der Waals surface area contributed by atoms with Gasteiger partial charge >= 0.3 is 0 Å². The van der Waals surface area contributed by atoms with Crippen molar-refractivity contribution in [3.05, 3.63) is 22.7 Å². The number of nitrogens with two attached hydrogens (primary N) is 1. The molecule has 0 unspecified atom stereocenters. The summed E-state index contributed by atoms with van der Waals surface area (Å²) in [5.41, 5.74) is 6.60. The molecular formula is C11H15BrN2O. The number of hydrogen-bond acceptors (Lipinski definition) is 2. The van der Waals surface area contributed by atoms with E-state index < -0.39 is 5.41 Å². The van der Waals surface area contributed by atoms with Crippen LogP contribution in [0, 0.1) is 5.41 Å². The maximum absolute atomic E-state index is 11.7. The Kier molecular flexibility index (Phi) is 3.39. The molecule has 0 bridgehead atoms. The van der Waals surface area contributed by atoms with Gasteiger partial charge in [0.25, 0.3) is 0 Å². The Morgan fingerprint density at radius 1 is 1.40 bits per heavy atom. The minimum absolute atomic E-state index is 0.0204. The van der Waals surface area contributed by atoms with Gasteiger partial charge in [0.1, 0.15) is 0 Å². The van der Waals surface area contributed by atoms with Crippen LogP contribution in [0.2, 0.25) is 0 Å². The van der Waals surface area contributed by atoms with E-state index in [1.165, 1.54) is 0 Å². The lowest BCUT2D eigenvalue weighted by Crippen LogP contribution is -2.27. The summed E-state index contributed by atoms with van der Waals surface area (Å²) in [7, 11) is 0. The van der Waals surface area contributed by atoms with Gasteiger partial charge in [0, 0.05) is 15.6 Å². The molecule has 1 rings (SSSR count). The van der Waals surface area contributed by atoms with Crippen LogP contribution in [0.25, 0.3) is 0 Å². The molecule has 0 saturated carbocycles. The zero-order valence-corrected chi connectivity index (χ0v) is 10.7. The van der Waals surface area contributed by atoms with Gasteiger partial charge in [-0.2, -0.15) is 0 Å². The van der Waals surface area contributed by atoms with Gasteiger partial charge in [-0.1, -0.05) is 20.8 Å². The molecule has 0 aromatic heterocycles. The minimum Gasteiger partial charge on any atom is -0.399 e. The van der Waals surface area contributed by atoms with E-state index in [1.807, 2.05) is 20.8 Å². The largest absolute Gasteiger partial charge is 0.399 e. The molecule has 3 N–H and O–H groups in total. The normalized spacial score (nSPS) is 11.2. The maximum Gasteiger partial charge on any atom is 0.229 e. The summed E-state index contributed by atoms with van der Waals surface area (Å²) in [6.07, 6.45) is 0. The number of carbonyl (C=O) groups excluding carboxylic acids is 1. The van der Waals surface area contributed by atoms with Gasteiger partial charge in [0.2, 0.25) is 5.91 Å². The van der Waals surface area contributed by atoms with Gasteiger partial charge in [-0.05, 0) is 34.1 Å². The fourth-order valence-corrected chi connectivity index (χ4v) is 1.44. The van der Waals surface area contributed by atoms with Crippen LogP contribution in [0.4, 0.5) is 11.4 Å². The first kappa shape index (κ1) is 12.0. The number of carbonyl (C=O) groups is 1. The number of benzene rings is 1. The van der Waals surface area contributed by atoms with E-state index in [0.717, 1.165) is 10.2 Å². The number of nitrogen functional groups attached to an aromatic ring is 1. The van der Waals surface area contributed by atoms with Crippen molar-refractivity contribution in [2.24, 2.45) is 5.41 Å². The molecule has 1 amide bonds. The topological polar surface area (TPSA) is 55.1 Å². The van der Waals surface area contributed by atoms with Crippen LogP contribution in [0.15, 0.2) is 22.7 Å². The quantitative estimate of drug-likeness (QED) is 0.771. The van der Waals surface area contributed by atoms with Crippen LogP contribution in [-0.2, 0) is 4.79 Å². The summed E-state index contributed by atoms with van der Waals surface area (Å²) in [4.78, 5) is 11.7. The number of hydrogen-bond donors (Lipinski definition) is 2. The molecule has 0 aliphatic carbocycles. The molecule has 1 aromatic rings. The number of halogens is 1. The zero-order chi connectivity index (χ0) is 11.6. The summed E-state index contributed by atoms with van der Waals surface area (Å²) in [6, 6.07) is 5.30. The molecule has 0 aliphatic heterocycles. The highest BCUT2D eigenvalue weighted by Gasteiger charge is 2.21. The Labute approximate surface area is 98.2 Å². The van der Waals surface area contributed by atoms with Gasteiger partial charge in [-0.3, -0.25) is 4.79 Å². The number of rotatable bonds is 1. The summed E-state index contributed by atoms with van der Waals surface area (Å²) in [5.74, 6) is -0.0204. The SMILES string of the molecule is CC(C)(C)C(=O)Nc1ccc(N)cc1Br. The fraction of sp³-hybridized carbons (Fsp3) is 0.364. The van der Waals surface area contributed by atoms with Crippen LogP contribution < -0.4 is 11.1 Å². The monoisotopic (exact) mass is 270 g/mol. The highest BCUT2D eigenvalue weighted by Crippen LogP contribution is 2.26. The summed E-state index contributed by atoms with van der Waals surface area (Å²) < 4.78 is 0.792. The Morgan fingerprint density at radius 3 is 2.47 bits per heavy atom. The highest BCUT2D eigenvalue weighted by atomic mass is 79.9. The maximum atomic E-state index is 11.7. The van der Waals surface area contributed by atoms with E-state index in [9.17, 15) is 4.79 Å². The molecule has 82 valence electrons. The average molecular weight is 271 g/mol. The van der Waals surface area contributed by atoms with E-state index in [4.69, 9.17) is 5.73 Å². The second-order valence-electron chi connectivity index (χ2n) is 4.44. The predicted octanol–water partition coefficient (Wildman–Crippen LogP) is 3.02. The third-order valence-corrected chi connectivity index (χ3v) is 2.58. The van der Waals surface area contributed by atoms with E-state index >= 15 is 0 Å². The molecule has 0 saturated heterocycles. The second kappa shape index (κ2) is 4.23. The average Bonchev–Trinajstić information content (AvgIpc) is 2.08. The lowest BCUT2D eigenvalue weighted by molar-refractivity contribution is -0.123. The van der Waals surface area contributed by atoms with Crippen molar-refractivity contribution in [3.63, 3.8) is 0 Å². The molecule has 0 radical (unpaired) electrons. The molecule has 3 nitrogen and oxygen atoms in total. The van der Waals surface area contributed by atoms with E-state index in [0.29, 0.717) is 5.69 Å². The summed E-state index contributed by atoms with van der Waals surface area (Å²) in [5, 5.41) is 2.84. The van der Waals surface area contributed by atoms with Gasteiger partial charge in [0.05, 0.1) is 5.69 Å². The Hall–Kier alpha value is -1.03. The Bertz CT molecular complexity index is 383. The van der Waals surface area contributed by atoms with Crippen molar-refractivity contribution in [1.82, 2.24) is 0 Å². The fourth-order valence-electron chi connectivity index (χ4n) is 0.943. The van der Waals surface area contributed by atoms with Crippen LogP contribution in [0.3, 0.4) is 0 Å². The van der Waals surface area contributed by atoms with Crippen LogP contribution in [-0.4, -0.2) is 5.91 Å². The van der Waals surface area contributed by atoms with Crippen LogP contribution >= 0.6 is 15.9 Å². The third-order valence-electron chi connectivity index (χ3n) is 1.92. The molecule has 0 aliphatic rings. The number of anilines is 2. The van der Waals surface area contributed by atoms with E-state index in [-0.39, 0.29) is 5.91 Å². The van der Waals surface area contributed by atoms with Crippen molar-refractivity contribution in [3.8, 4) is 0 Å². The zero-order valence-electron chi connectivity index (χ0n) is 9.10. The van der Waals surface area contributed by atoms with Crippen molar-refractivity contribution < 1.29 is 4.79 Å². The van der Waals surface area contributed by atoms with E-state index in [1.54, 1.807) is 18.2 Å². The molecule has 0 atom stereocenters. The Morgan fingerprint density at radius 2 is 2.00 bits per heavy atom. The van der Waals surface area contributed by atoms with Crippen LogP contribution in [0.5, 0.6) is 0 Å². The lowest BCUT2D eigenvalue weighted by atomic mass is 9.95. The smallest absolute Gasteiger partial charge is 0.229 e. The first-order chi connectivity index (χ1) is 6.80. The van der Waals surface area contributed by atoms with Crippen molar-refractivity contribution in [2.75, 3.05) is 11.1 Å². The van der Waals surface area contributed by atoms with Gasteiger partial charge in [-0.25, -0.2) is 0 Å². The first-order valence-electron chi connectivity index (χ1n) is 4.67. The standard InChI is InChI=1S/C11H15BrN2O/c1-11(2,3)10(15)14-9-5-4-7(13)6-8(9)12/h4-6H,13H2,1-3H3,(H,14,15). The molecule has 0 fully saturated rings. The van der Waals surface area contributed by atoms with Gasteiger partial charge in [-0.15, -0.1) is 0 Å². The second-order valence-corrected chi connectivity index (χ2v) is 5.30. The predicted molar refractivity (Wildman–Crippen MR) is 66.6 cm³/mol. The van der Waals surface area contributed by atoms with Crippen molar-refractivity contribution in [1.29, 1.82) is 0 Å². The molecule has 15 heavy (non-hydrogen) atoms. The van der Waals surface area contributed by atoms with Crippen LogP contribution in [0.1, 0.15) is 20.8 Å². The third kappa shape index (κ3) is 3.23. The van der Waals surface area contributed by atoms with Gasteiger partial charge in [0.15, 0.2) is 0 Å². The molecule has 0 spiro atoms. The van der Waals surface area contributed by atoms with Crippen molar-refractivity contribution in [2.45, 2.75) is 20.8 Å². The molecule has 4 heteroatoms. The molecular weight excluding hydrogens is 256 g/mol. The minimum atomic E-state index is -0.402. The number of nitrogens with one attached hydrogen (secondary N) is 1. The molecule has 0 heterocycles. The Balaban J connectivity index is 2.87. The lowest BCUT2D eigenvalue weighted by Gasteiger charge is -2.18. The number of amides is 1.